The van der Waals surface area contributed by atoms with Gasteiger partial charge >= 0.3 is 0 Å². The number of amides is 1. The van der Waals surface area contributed by atoms with Crippen molar-refractivity contribution in [2.45, 2.75) is 26.2 Å². The van der Waals surface area contributed by atoms with E-state index < -0.39 is 0 Å². The molecule has 0 aliphatic rings. The number of nitrogens with two attached hydrogens (primary N) is 1. The number of carbonyl (C=O) groups excluding carboxylic acids is 1. The highest BCUT2D eigenvalue weighted by Gasteiger charge is 2.16. The smallest absolute Gasteiger partial charge is 0.229 e. The highest BCUT2D eigenvalue weighted by Crippen LogP contribution is 2.20. The largest absolute Gasteiger partial charge is 0.344 e. The summed E-state index contributed by atoms with van der Waals surface area (Å²) in [7, 11) is 0. The van der Waals surface area contributed by atoms with Gasteiger partial charge in [-0.1, -0.05) is 35.5 Å². The predicted molar refractivity (Wildman–Crippen MR) is 97.6 cm³/mol. The average molecular weight is 372 g/mol. The molecule has 0 aliphatic heterocycles. The molecule has 1 aromatic carbocycles. The van der Waals surface area contributed by atoms with Crippen LogP contribution in [-0.2, 0) is 17.6 Å². The van der Waals surface area contributed by atoms with Gasteiger partial charge in [0.1, 0.15) is 0 Å². The maximum absolute atomic E-state index is 12.4. The third-order valence-corrected chi connectivity index (χ3v) is 4.09. The van der Waals surface area contributed by atoms with E-state index >= 15 is 0 Å². The van der Waals surface area contributed by atoms with Gasteiger partial charge in [0.15, 0.2) is 0 Å². The summed E-state index contributed by atoms with van der Waals surface area (Å²) >= 11 is 5.94. The van der Waals surface area contributed by atoms with Crippen molar-refractivity contribution in [1.82, 2.24) is 10.1 Å². The molecule has 2 N–H and O–H groups in total. The first-order chi connectivity index (χ1) is 11.1. The zero-order valence-corrected chi connectivity index (χ0v) is 15.3. The average Bonchev–Trinajstić information content (AvgIpc) is 2.88. The zero-order valence-electron chi connectivity index (χ0n) is 13.7. The van der Waals surface area contributed by atoms with E-state index in [4.69, 9.17) is 21.9 Å². The maximum Gasteiger partial charge on any atom is 0.229 e. The van der Waals surface area contributed by atoms with Crippen molar-refractivity contribution in [3.05, 3.63) is 52.4 Å². The molecule has 24 heavy (non-hydrogen) atoms. The number of hydrogen-bond acceptors (Lipinski definition) is 4. The molecule has 0 saturated carbocycles. The fourth-order valence-electron chi connectivity index (χ4n) is 2.46. The van der Waals surface area contributed by atoms with Gasteiger partial charge in [-0.3, -0.25) is 4.79 Å². The van der Waals surface area contributed by atoms with Crippen LogP contribution in [0, 0.1) is 6.92 Å². The number of rotatable bonds is 8. The van der Waals surface area contributed by atoms with Crippen molar-refractivity contribution in [2.75, 3.05) is 19.6 Å². The van der Waals surface area contributed by atoms with Gasteiger partial charge in [0.2, 0.25) is 11.1 Å². The van der Waals surface area contributed by atoms with Gasteiger partial charge in [0, 0.05) is 31.6 Å². The molecular weight excluding hydrogens is 349 g/mol. The monoisotopic (exact) mass is 371 g/mol. The summed E-state index contributed by atoms with van der Waals surface area (Å²) in [6.45, 7) is 3.49. The van der Waals surface area contributed by atoms with Crippen LogP contribution >= 0.6 is 24.0 Å². The van der Waals surface area contributed by atoms with Gasteiger partial charge < -0.3 is 15.2 Å². The quantitative estimate of drug-likeness (QED) is 0.773. The Morgan fingerprint density at radius 3 is 2.54 bits per heavy atom. The SMILES string of the molecule is Cc1noc(Cl)c1CCC(=O)N(CCN)CCc1ccccc1.Cl. The second kappa shape index (κ2) is 10.3. The Kier molecular flexibility index (Phi) is 8.82. The van der Waals surface area contributed by atoms with E-state index in [0.29, 0.717) is 32.5 Å². The van der Waals surface area contributed by atoms with Crippen molar-refractivity contribution in [3.8, 4) is 0 Å². The molecule has 0 fully saturated rings. The van der Waals surface area contributed by atoms with Crippen LogP contribution in [0.1, 0.15) is 23.2 Å². The zero-order chi connectivity index (χ0) is 16.7. The number of nitrogens with zero attached hydrogens (tertiary/aromatic N) is 2. The molecule has 1 amide bonds. The molecule has 5 nitrogen and oxygen atoms in total. The number of halogens is 2. The van der Waals surface area contributed by atoms with Crippen molar-refractivity contribution < 1.29 is 9.32 Å². The summed E-state index contributed by atoms with van der Waals surface area (Å²) in [6.07, 6.45) is 1.72. The van der Waals surface area contributed by atoms with Crippen LogP contribution in [0.5, 0.6) is 0 Å². The number of aromatic nitrogens is 1. The van der Waals surface area contributed by atoms with E-state index in [9.17, 15) is 4.79 Å². The molecule has 132 valence electrons. The molecule has 0 saturated heterocycles. The summed E-state index contributed by atoms with van der Waals surface area (Å²) in [4.78, 5) is 14.3. The number of aryl methyl sites for hydroxylation is 1. The van der Waals surface area contributed by atoms with Gasteiger partial charge in [0.25, 0.3) is 0 Å². The highest BCUT2D eigenvalue weighted by molar-refractivity contribution is 6.29. The number of benzene rings is 1. The van der Waals surface area contributed by atoms with E-state index in [1.165, 1.54) is 5.56 Å². The van der Waals surface area contributed by atoms with E-state index in [1.54, 1.807) is 0 Å². The van der Waals surface area contributed by atoms with Gasteiger partial charge in [-0.15, -0.1) is 12.4 Å². The fraction of sp³-hybridized carbons (Fsp3) is 0.412. The summed E-state index contributed by atoms with van der Waals surface area (Å²) < 4.78 is 4.91. The predicted octanol–water partition coefficient (Wildman–Crippen LogP) is 3.02. The Morgan fingerprint density at radius 2 is 1.96 bits per heavy atom. The van der Waals surface area contributed by atoms with Crippen molar-refractivity contribution >= 4 is 29.9 Å². The van der Waals surface area contributed by atoms with E-state index in [2.05, 4.69) is 17.3 Å². The molecule has 7 heteroatoms. The molecule has 0 atom stereocenters. The summed E-state index contributed by atoms with van der Waals surface area (Å²) in [6, 6.07) is 10.1. The summed E-state index contributed by atoms with van der Waals surface area (Å²) in [5.41, 5.74) is 8.38. The first kappa shape index (κ1) is 20.5. The van der Waals surface area contributed by atoms with E-state index in [1.807, 2.05) is 30.0 Å². The van der Waals surface area contributed by atoms with Crippen molar-refractivity contribution in [1.29, 1.82) is 0 Å². The van der Waals surface area contributed by atoms with E-state index in [-0.39, 0.29) is 23.5 Å². The lowest BCUT2D eigenvalue weighted by atomic mass is 10.1. The molecule has 0 aliphatic carbocycles. The van der Waals surface area contributed by atoms with Crippen LogP contribution in [0.4, 0.5) is 0 Å². The molecule has 2 rings (SSSR count). The first-order valence-electron chi connectivity index (χ1n) is 7.74. The van der Waals surface area contributed by atoms with Crippen molar-refractivity contribution in [3.63, 3.8) is 0 Å². The lowest BCUT2D eigenvalue weighted by Gasteiger charge is -2.22. The van der Waals surface area contributed by atoms with Crippen LogP contribution in [0.15, 0.2) is 34.9 Å². The first-order valence-corrected chi connectivity index (χ1v) is 8.12. The molecule has 2 aromatic rings. The Morgan fingerprint density at radius 1 is 1.25 bits per heavy atom. The van der Waals surface area contributed by atoms with Gasteiger partial charge in [-0.2, -0.15) is 0 Å². The molecular formula is C17H23Cl2N3O2. The normalized spacial score (nSPS) is 10.3. The standard InChI is InChI=1S/C17H22ClN3O2.ClH/c1-13-15(17(18)23-20-13)7-8-16(22)21(12-10-19)11-9-14-5-3-2-4-6-14;/h2-6H,7-12,19H2,1H3;1H. The van der Waals surface area contributed by atoms with Crippen molar-refractivity contribution in [2.24, 2.45) is 5.73 Å². The van der Waals surface area contributed by atoms with Crippen LogP contribution in [0.3, 0.4) is 0 Å². The second-order valence-corrected chi connectivity index (χ2v) is 5.77. The van der Waals surface area contributed by atoms with Gasteiger partial charge in [-0.05, 0) is 36.9 Å². The molecule has 1 aromatic heterocycles. The topological polar surface area (TPSA) is 72.4 Å². The van der Waals surface area contributed by atoms with E-state index in [0.717, 1.165) is 17.7 Å². The Hall–Kier alpha value is -1.56. The van der Waals surface area contributed by atoms with Gasteiger partial charge in [-0.25, -0.2) is 0 Å². The minimum atomic E-state index is 0. The molecule has 0 bridgehead atoms. The Balaban J connectivity index is 0.00000288. The number of carbonyl (C=O) groups is 1. The Bertz CT molecular complexity index is 613. The molecule has 0 radical (unpaired) electrons. The minimum Gasteiger partial charge on any atom is -0.344 e. The molecule has 0 spiro atoms. The van der Waals surface area contributed by atoms with Crippen LogP contribution in [-0.4, -0.2) is 35.6 Å². The highest BCUT2D eigenvalue weighted by atomic mass is 35.5. The minimum absolute atomic E-state index is 0. The van der Waals surface area contributed by atoms with Crippen LogP contribution < -0.4 is 5.73 Å². The maximum atomic E-state index is 12.4. The summed E-state index contributed by atoms with van der Waals surface area (Å²) in [5.74, 6) is 0.0723. The third-order valence-electron chi connectivity index (χ3n) is 3.79. The third kappa shape index (κ3) is 5.82. The van der Waals surface area contributed by atoms with Crippen LogP contribution in [0.2, 0.25) is 5.22 Å². The van der Waals surface area contributed by atoms with Gasteiger partial charge in [0.05, 0.1) is 5.69 Å². The fourth-order valence-corrected chi connectivity index (χ4v) is 2.72. The number of hydrogen-bond donors (Lipinski definition) is 1. The lowest BCUT2D eigenvalue weighted by Crippen LogP contribution is -2.37. The lowest BCUT2D eigenvalue weighted by molar-refractivity contribution is -0.131. The van der Waals surface area contributed by atoms with Crippen LogP contribution in [0.25, 0.3) is 0 Å². The second-order valence-electron chi connectivity index (χ2n) is 5.43. The molecule has 0 unspecified atom stereocenters. The Labute approximate surface area is 153 Å². The molecule has 1 heterocycles. The summed E-state index contributed by atoms with van der Waals surface area (Å²) in [5, 5.41) is 4.07.